The third-order valence-electron chi connectivity index (χ3n) is 12.2. The largest absolute Gasteiger partial charge is 0.310 e. The summed E-state index contributed by atoms with van der Waals surface area (Å²) >= 11 is 0. The zero-order valence-electron chi connectivity index (χ0n) is 34.2. The summed E-state index contributed by atoms with van der Waals surface area (Å²) < 4.78 is 0. The lowest BCUT2D eigenvalue weighted by Gasteiger charge is -2.29. The molecule has 10 aromatic carbocycles. The van der Waals surface area contributed by atoms with Crippen LogP contribution in [0.25, 0.3) is 100 Å². The van der Waals surface area contributed by atoms with Crippen molar-refractivity contribution in [3.05, 3.63) is 231 Å². The Bertz CT molecular complexity index is 3420. The predicted molar refractivity (Wildman–Crippen MR) is 261 cm³/mol. The van der Waals surface area contributed by atoms with Crippen molar-refractivity contribution in [1.82, 2.24) is 15.0 Å². The Hall–Kier alpha value is -8.47. The van der Waals surface area contributed by atoms with Crippen LogP contribution in [0.4, 0.5) is 17.1 Å². The van der Waals surface area contributed by atoms with Crippen LogP contribution in [0.3, 0.4) is 0 Å². The highest BCUT2D eigenvalue weighted by molar-refractivity contribution is 6.19. The molecule has 0 N–H and O–H groups in total. The molecule has 0 saturated carbocycles. The van der Waals surface area contributed by atoms with Gasteiger partial charge in [0.1, 0.15) is 0 Å². The van der Waals surface area contributed by atoms with Gasteiger partial charge in [-0.25, -0.2) is 15.0 Å². The van der Waals surface area contributed by atoms with Crippen LogP contribution in [0, 0.1) is 0 Å². The second-order valence-electron chi connectivity index (χ2n) is 16.0. The number of fused-ring (bicyclic) bond motifs is 4. The van der Waals surface area contributed by atoms with Crippen molar-refractivity contribution < 1.29 is 0 Å². The monoisotopic (exact) mass is 802 g/mol. The van der Waals surface area contributed by atoms with Crippen molar-refractivity contribution in [3.8, 4) is 78.7 Å². The predicted octanol–water partition coefficient (Wildman–Crippen LogP) is 15.6. The van der Waals surface area contributed by atoms with Crippen LogP contribution in [0.1, 0.15) is 0 Å². The highest BCUT2D eigenvalue weighted by atomic mass is 15.1. The van der Waals surface area contributed by atoms with Crippen LogP contribution in [0.5, 0.6) is 0 Å². The number of aromatic nitrogens is 3. The molecular weight excluding hydrogens is 765 g/mol. The second kappa shape index (κ2) is 15.2. The minimum atomic E-state index is 0.620. The van der Waals surface area contributed by atoms with E-state index in [-0.39, 0.29) is 0 Å². The van der Waals surface area contributed by atoms with E-state index in [1.54, 1.807) is 0 Å². The normalized spacial score (nSPS) is 11.5. The number of hydrogen-bond donors (Lipinski definition) is 0. The molecule has 0 unspecified atom stereocenters. The molecule has 0 aliphatic heterocycles. The summed E-state index contributed by atoms with van der Waals surface area (Å²) in [7, 11) is 0. The first-order chi connectivity index (χ1) is 31.2. The van der Waals surface area contributed by atoms with E-state index in [1.807, 2.05) is 36.4 Å². The highest BCUT2D eigenvalue weighted by Crippen LogP contribution is 2.54. The lowest BCUT2D eigenvalue weighted by atomic mass is 9.94. The van der Waals surface area contributed by atoms with Gasteiger partial charge >= 0.3 is 0 Å². The topological polar surface area (TPSA) is 41.9 Å². The van der Waals surface area contributed by atoms with Gasteiger partial charge in [-0.15, -0.1) is 0 Å². The summed E-state index contributed by atoms with van der Waals surface area (Å²) in [6, 6.07) is 81.9. The molecule has 1 heterocycles. The summed E-state index contributed by atoms with van der Waals surface area (Å²) in [5.74, 6) is 1.88. The fourth-order valence-corrected chi connectivity index (χ4v) is 9.35. The van der Waals surface area contributed by atoms with E-state index in [2.05, 4.69) is 199 Å². The van der Waals surface area contributed by atoms with Crippen LogP contribution < -0.4 is 4.90 Å². The summed E-state index contributed by atoms with van der Waals surface area (Å²) in [5.41, 5.74) is 15.3. The molecule has 0 bridgehead atoms. The van der Waals surface area contributed by atoms with Gasteiger partial charge in [0.25, 0.3) is 0 Å². The standard InChI is InChI=1S/C59H38N4/c1-5-17-39(18-6-1)40-31-33-45(34-32-40)63(54-36-35-47(41-19-7-2-8-20-41)48-27-13-14-28-49(48)54)46-37-52-50-29-15-25-42-26-16-30-51(55(42)50)56(52)53(38-46)59-61-57(43-21-9-3-10-22-43)60-58(62-59)44-23-11-4-12-24-44/h1-38H. The Kier molecular flexibility index (Phi) is 8.79. The van der Waals surface area contributed by atoms with E-state index < -0.39 is 0 Å². The average molecular weight is 803 g/mol. The fraction of sp³-hybridized carbons (Fsp3) is 0. The number of nitrogens with zero attached hydrogens (tertiary/aromatic N) is 4. The summed E-state index contributed by atoms with van der Waals surface area (Å²) in [6.07, 6.45) is 0. The molecule has 11 aromatic rings. The molecule has 4 nitrogen and oxygen atoms in total. The van der Waals surface area contributed by atoms with Gasteiger partial charge in [-0.1, -0.05) is 200 Å². The molecule has 1 aliphatic rings. The van der Waals surface area contributed by atoms with E-state index in [9.17, 15) is 0 Å². The number of hydrogen-bond acceptors (Lipinski definition) is 4. The molecule has 12 rings (SSSR count). The van der Waals surface area contributed by atoms with Crippen molar-refractivity contribution in [2.75, 3.05) is 4.90 Å². The maximum Gasteiger partial charge on any atom is 0.164 e. The quantitative estimate of drug-likeness (QED) is 0.153. The van der Waals surface area contributed by atoms with Gasteiger partial charge in [-0.2, -0.15) is 0 Å². The summed E-state index contributed by atoms with van der Waals surface area (Å²) in [6.45, 7) is 0. The first-order valence-electron chi connectivity index (χ1n) is 21.4. The van der Waals surface area contributed by atoms with Crippen molar-refractivity contribution in [3.63, 3.8) is 0 Å². The van der Waals surface area contributed by atoms with E-state index in [1.165, 1.54) is 44.0 Å². The molecule has 0 saturated heterocycles. The van der Waals surface area contributed by atoms with Crippen molar-refractivity contribution in [2.24, 2.45) is 0 Å². The minimum Gasteiger partial charge on any atom is -0.310 e. The zero-order chi connectivity index (χ0) is 41.7. The SMILES string of the molecule is c1ccc(-c2ccc(N(c3cc(-c4nc(-c5ccccc5)nc(-c5ccccc5)n4)c4c(c3)-c3cccc5cccc-4c35)c3ccc(-c4ccccc4)c4ccccc34)cc2)cc1. The molecule has 1 aliphatic carbocycles. The van der Waals surface area contributed by atoms with Gasteiger partial charge in [0.2, 0.25) is 0 Å². The molecule has 294 valence electrons. The van der Waals surface area contributed by atoms with E-state index in [0.717, 1.165) is 55.8 Å². The fourth-order valence-electron chi connectivity index (χ4n) is 9.35. The molecule has 0 radical (unpaired) electrons. The van der Waals surface area contributed by atoms with Gasteiger partial charge in [-0.05, 0) is 85.4 Å². The lowest BCUT2D eigenvalue weighted by Crippen LogP contribution is -2.11. The van der Waals surface area contributed by atoms with Crippen LogP contribution >= 0.6 is 0 Å². The Morgan fingerprint density at radius 1 is 0.286 bits per heavy atom. The molecule has 0 fully saturated rings. The minimum absolute atomic E-state index is 0.620. The molecule has 0 spiro atoms. The highest BCUT2D eigenvalue weighted by Gasteiger charge is 2.29. The van der Waals surface area contributed by atoms with E-state index >= 15 is 0 Å². The third kappa shape index (κ3) is 6.36. The second-order valence-corrected chi connectivity index (χ2v) is 16.0. The maximum atomic E-state index is 5.35. The van der Waals surface area contributed by atoms with Crippen LogP contribution in [0.15, 0.2) is 231 Å². The van der Waals surface area contributed by atoms with Gasteiger partial charge in [-0.3, -0.25) is 0 Å². The average Bonchev–Trinajstić information content (AvgIpc) is 3.69. The Morgan fingerprint density at radius 2 is 0.794 bits per heavy atom. The van der Waals surface area contributed by atoms with Crippen molar-refractivity contribution >= 4 is 38.6 Å². The number of rotatable bonds is 8. The lowest BCUT2D eigenvalue weighted by molar-refractivity contribution is 1.07. The van der Waals surface area contributed by atoms with E-state index in [0.29, 0.717) is 17.5 Å². The zero-order valence-corrected chi connectivity index (χ0v) is 34.2. The first-order valence-corrected chi connectivity index (χ1v) is 21.4. The molecule has 63 heavy (non-hydrogen) atoms. The smallest absolute Gasteiger partial charge is 0.164 e. The Balaban J connectivity index is 1.15. The number of anilines is 3. The van der Waals surface area contributed by atoms with Gasteiger partial charge < -0.3 is 4.90 Å². The van der Waals surface area contributed by atoms with Crippen molar-refractivity contribution in [2.45, 2.75) is 0 Å². The molecule has 0 amide bonds. The van der Waals surface area contributed by atoms with Crippen LogP contribution in [-0.4, -0.2) is 15.0 Å². The number of benzene rings is 10. The van der Waals surface area contributed by atoms with Crippen LogP contribution in [-0.2, 0) is 0 Å². The molecule has 4 heteroatoms. The first kappa shape index (κ1) is 36.4. The van der Waals surface area contributed by atoms with Crippen LogP contribution in [0.2, 0.25) is 0 Å². The molecular formula is C59H38N4. The van der Waals surface area contributed by atoms with Crippen molar-refractivity contribution in [1.29, 1.82) is 0 Å². The molecule has 0 atom stereocenters. The van der Waals surface area contributed by atoms with Gasteiger partial charge in [0, 0.05) is 39.0 Å². The van der Waals surface area contributed by atoms with Gasteiger partial charge in [0.15, 0.2) is 17.5 Å². The third-order valence-corrected chi connectivity index (χ3v) is 12.2. The Morgan fingerprint density at radius 3 is 1.43 bits per heavy atom. The summed E-state index contributed by atoms with van der Waals surface area (Å²) in [4.78, 5) is 18.2. The maximum absolute atomic E-state index is 5.35. The van der Waals surface area contributed by atoms with Gasteiger partial charge in [0.05, 0.1) is 5.69 Å². The summed E-state index contributed by atoms with van der Waals surface area (Å²) in [5, 5.41) is 4.78. The van der Waals surface area contributed by atoms with E-state index in [4.69, 9.17) is 15.0 Å². The molecule has 1 aromatic heterocycles. The Labute approximate surface area is 366 Å².